The van der Waals surface area contributed by atoms with E-state index >= 15 is 0 Å². The molecule has 9 heteroatoms. The van der Waals surface area contributed by atoms with Crippen LogP contribution in [0.2, 0.25) is 0 Å². The van der Waals surface area contributed by atoms with E-state index in [1.165, 1.54) is 0 Å². The maximum atomic E-state index is 11.2. The first kappa shape index (κ1) is 13.8. The van der Waals surface area contributed by atoms with Crippen molar-refractivity contribution in [1.82, 2.24) is 10.6 Å². The fourth-order valence-electron chi connectivity index (χ4n) is 2.45. The highest BCUT2D eigenvalue weighted by Gasteiger charge is 2.42. The predicted octanol–water partition coefficient (Wildman–Crippen LogP) is 1.09. The van der Waals surface area contributed by atoms with Crippen molar-refractivity contribution < 1.29 is 14.7 Å². The zero-order valence-corrected chi connectivity index (χ0v) is 11.0. The van der Waals surface area contributed by atoms with E-state index in [0.29, 0.717) is 18.1 Å². The van der Waals surface area contributed by atoms with E-state index in [0.717, 1.165) is 12.2 Å². The summed E-state index contributed by atoms with van der Waals surface area (Å²) in [5.74, 6) is -0.210. The first-order valence-corrected chi connectivity index (χ1v) is 7.12. The number of azide groups is 1. The highest BCUT2D eigenvalue weighted by atomic mass is 32.2. The number of thioether (sulfide) groups is 1. The molecular formula is C10H15N5O3S. The number of carbonyl (C=O) groups excluding carboxylic acids is 1. The summed E-state index contributed by atoms with van der Waals surface area (Å²) in [6.07, 6.45) is 1.79. The van der Waals surface area contributed by atoms with Crippen LogP contribution >= 0.6 is 11.8 Å². The molecule has 0 aromatic heterocycles. The molecule has 2 rings (SSSR count). The van der Waals surface area contributed by atoms with Crippen LogP contribution in [0.15, 0.2) is 5.11 Å². The average molecular weight is 285 g/mol. The van der Waals surface area contributed by atoms with E-state index in [1.807, 2.05) is 0 Å². The molecule has 8 nitrogen and oxygen atoms in total. The maximum Gasteiger partial charge on any atom is 0.315 e. The molecule has 2 heterocycles. The number of urea groups is 1. The van der Waals surface area contributed by atoms with E-state index in [-0.39, 0.29) is 18.1 Å². The number of amides is 2. The number of carboxylic acid groups (broad SMARTS) is 1. The van der Waals surface area contributed by atoms with Gasteiger partial charge >= 0.3 is 12.0 Å². The zero-order valence-electron chi connectivity index (χ0n) is 10.2. The number of rotatable bonds is 6. The Hall–Kier alpha value is -1.60. The summed E-state index contributed by atoms with van der Waals surface area (Å²) in [5, 5.41) is 18.1. The van der Waals surface area contributed by atoms with Gasteiger partial charge in [0.15, 0.2) is 0 Å². The van der Waals surface area contributed by atoms with E-state index in [9.17, 15) is 9.59 Å². The van der Waals surface area contributed by atoms with Crippen LogP contribution < -0.4 is 10.6 Å². The molecule has 0 aromatic rings. The van der Waals surface area contributed by atoms with Crippen LogP contribution in [0.4, 0.5) is 4.79 Å². The fraction of sp³-hybridized carbons (Fsp3) is 0.800. The third-order valence-electron chi connectivity index (χ3n) is 3.38. The summed E-state index contributed by atoms with van der Waals surface area (Å²) < 4.78 is 0. The van der Waals surface area contributed by atoms with Gasteiger partial charge in [0.05, 0.1) is 12.1 Å². The number of nitrogens with zero attached hydrogens (tertiary/aromatic N) is 3. The minimum Gasteiger partial charge on any atom is -0.481 e. The Balaban J connectivity index is 1.78. The molecule has 4 atom stereocenters. The predicted molar refractivity (Wildman–Crippen MR) is 69.9 cm³/mol. The van der Waals surface area contributed by atoms with Crippen LogP contribution in [0.1, 0.15) is 19.3 Å². The Kier molecular flexibility index (Phi) is 4.39. The van der Waals surface area contributed by atoms with Crippen LogP contribution in [-0.2, 0) is 4.79 Å². The summed E-state index contributed by atoms with van der Waals surface area (Å²) >= 11 is 1.78. The number of nitrogens with one attached hydrogen (secondary N) is 2. The molecule has 19 heavy (non-hydrogen) atoms. The van der Waals surface area contributed by atoms with Crippen molar-refractivity contribution in [2.45, 2.75) is 42.6 Å². The van der Waals surface area contributed by atoms with E-state index in [1.54, 1.807) is 11.8 Å². The number of hydrogen-bond donors (Lipinski definition) is 3. The monoisotopic (exact) mass is 285 g/mol. The Labute approximate surface area is 113 Å². The highest BCUT2D eigenvalue weighted by Crippen LogP contribution is 2.33. The Morgan fingerprint density at radius 3 is 3.11 bits per heavy atom. The van der Waals surface area contributed by atoms with Crippen LogP contribution in [0.3, 0.4) is 0 Å². The zero-order chi connectivity index (χ0) is 13.8. The maximum absolute atomic E-state index is 11.2. The first-order chi connectivity index (χ1) is 9.11. The molecule has 2 unspecified atom stereocenters. The molecule has 2 saturated heterocycles. The third kappa shape index (κ3) is 3.24. The second kappa shape index (κ2) is 6.03. The molecule has 2 aliphatic rings. The summed E-state index contributed by atoms with van der Waals surface area (Å²) in [7, 11) is 0. The van der Waals surface area contributed by atoms with Gasteiger partial charge in [-0.05, 0) is 18.4 Å². The van der Waals surface area contributed by atoms with Crippen molar-refractivity contribution in [3.8, 4) is 0 Å². The molecule has 0 radical (unpaired) electrons. The van der Waals surface area contributed by atoms with Gasteiger partial charge in [-0.2, -0.15) is 11.8 Å². The van der Waals surface area contributed by atoms with E-state index in [4.69, 9.17) is 10.6 Å². The molecule has 3 N–H and O–H groups in total. The van der Waals surface area contributed by atoms with Gasteiger partial charge in [-0.15, -0.1) is 0 Å². The van der Waals surface area contributed by atoms with Crippen LogP contribution in [0.25, 0.3) is 10.4 Å². The Morgan fingerprint density at radius 1 is 1.63 bits per heavy atom. The van der Waals surface area contributed by atoms with Gasteiger partial charge in [0.25, 0.3) is 0 Å². The van der Waals surface area contributed by atoms with Crippen molar-refractivity contribution in [1.29, 1.82) is 0 Å². The van der Waals surface area contributed by atoms with Crippen LogP contribution in [-0.4, -0.2) is 46.2 Å². The molecule has 0 spiro atoms. The summed E-state index contributed by atoms with van der Waals surface area (Å²) in [4.78, 5) is 24.5. The van der Waals surface area contributed by atoms with E-state index in [2.05, 4.69) is 20.7 Å². The number of fused-ring (bicyclic) bond motifs is 1. The Bertz CT molecular complexity index is 423. The molecule has 2 amide bonds. The summed E-state index contributed by atoms with van der Waals surface area (Å²) in [6.45, 7) is 0. The van der Waals surface area contributed by atoms with Gasteiger partial charge in [0.2, 0.25) is 0 Å². The van der Waals surface area contributed by atoms with Gasteiger partial charge in [0, 0.05) is 15.9 Å². The summed E-state index contributed by atoms with van der Waals surface area (Å²) in [5.41, 5.74) is 8.28. The van der Waals surface area contributed by atoms with Crippen molar-refractivity contribution in [3.05, 3.63) is 10.4 Å². The smallest absolute Gasteiger partial charge is 0.315 e. The molecule has 0 aromatic carbocycles. The average Bonchev–Trinajstić information content (AvgIpc) is 2.88. The second-order valence-electron chi connectivity index (χ2n) is 4.61. The van der Waals surface area contributed by atoms with Crippen LogP contribution in [0, 0.1) is 0 Å². The molecule has 2 fully saturated rings. The largest absolute Gasteiger partial charge is 0.481 e. The second-order valence-corrected chi connectivity index (χ2v) is 5.88. The molecular weight excluding hydrogens is 270 g/mol. The molecule has 0 bridgehead atoms. The number of carboxylic acids is 1. The quantitative estimate of drug-likeness (QED) is 0.292. The van der Waals surface area contributed by atoms with Crippen molar-refractivity contribution >= 4 is 23.8 Å². The highest BCUT2D eigenvalue weighted by molar-refractivity contribution is 8.00. The van der Waals surface area contributed by atoms with Crippen molar-refractivity contribution in [3.63, 3.8) is 0 Å². The lowest BCUT2D eigenvalue weighted by Crippen LogP contribution is -2.36. The standard InChI is InChI=1S/C10H15N5O3S/c11-15-14-5(9(16)17)2-1-3-7-8-6(4-19-7)12-10(18)13-8/h5-8H,1-4H2,(H,16,17)(H2,12,13,18)/t5?,6-,7?,8-/m0/s1. The molecule has 104 valence electrons. The number of aliphatic carboxylic acids is 1. The summed E-state index contributed by atoms with van der Waals surface area (Å²) in [6, 6.07) is -0.823. The number of hydrogen-bond acceptors (Lipinski definition) is 4. The SMILES string of the molecule is [N-]=[N+]=NC(CCCC1SC[C@@H]2NC(=O)N[C@H]12)C(=O)O. The van der Waals surface area contributed by atoms with Gasteiger partial charge in [-0.1, -0.05) is 11.5 Å². The lowest BCUT2D eigenvalue weighted by molar-refractivity contribution is -0.138. The minimum absolute atomic E-state index is 0.125. The fourth-order valence-corrected chi connectivity index (χ4v) is 3.99. The lowest BCUT2D eigenvalue weighted by atomic mass is 10.0. The molecule has 0 aliphatic carbocycles. The Morgan fingerprint density at radius 2 is 2.42 bits per heavy atom. The topological polar surface area (TPSA) is 127 Å². The van der Waals surface area contributed by atoms with Crippen molar-refractivity contribution in [2.24, 2.45) is 5.11 Å². The normalized spacial score (nSPS) is 29.9. The number of carbonyl (C=O) groups is 2. The van der Waals surface area contributed by atoms with Gasteiger partial charge < -0.3 is 15.7 Å². The first-order valence-electron chi connectivity index (χ1n) is 6.07. The van der Waals surface area contributed by atoms with Gasteiger partial charge in [-0.25, -0.2) is 4.79 Å². The minimum atomic E-state index is -1.09. The molecule has 0 saturated carbocycles. The van der Waals surface area contributed by atoms with Crippen molar-refractivity contribution in [2.75, 3.05) is 5.75 Å². The van der Waals surface area contributed by atoms with Crippen LogP contribution in [0.5, 0.6) is 0 Å². The van der Waals surface area contributed by atoms with E-state index < -0.39 is 12.0 Å². The third-order valence-corrected chi connectivity index (χ3v) is 4.89. The lowest BCUT2D eigenvalue weighted by Gasteiger charge is -2.16. The molecule has 2 aliphatic heterocycles. The van der Waals surface area contributed by atoms with Gasteiger partial charge in [-0.3, -0.25) is 4.79 Å². The van der Waals surface area contributed by atoms with Gasteiger partial charge in [0.1, 0.15) is 6.04 Å².